The van der Waals surface area contributed by atoms with Crippen molar-refractivity contribution in [3.05, 3.63) is 59.9 Å². The third kappa shape index (κ3) is 5.10. The molecule has 24 heavy (non-hydrogen) atoms. The predicted molar refractivity (Wildman–Crippen MR) is 94.5 cm³/mol. The maximum absolute atomic E-state index is 12.2. The molecule has 0 saturated heterocycles. The fraction of sp³-hybridized carbons (Fsp3) is 0.316. The lowest BCUT2D eigenvalue weighted by molar-refractivity contribution is -0.122. The first kappa shape index (κ1) is 17.5. The van der Waals surface area contributed by atoms with Crippen LogP contribution in [-0.4, -0.2) is 24.0 Å². The molecule has 0 spiro atoms. The summed E-state index contributed by atoms with van der Waals surface area (Å²) in [6.45, 7) is 5.30. The Kier molecular flexibility index (Phi) is 6.32. The topological polar surface area (TPSA) is 77.8 Å². The molecular formula is C19H22N4O. The van der Waals surface area contributed by atoms with Crippen molar-refractivity contribution in [2.24, 2.45) is 5.92 Å². The largest absolute Gasteiger partial charge is 0.383 e. The summed E-state index contributed by atoms with van der Waals surface area (Å²) in [6, 6.07) is 15.3. The van der Waals surface area contributed by atoms with Gasteiger partial charge in [-0.3, -0.25) is 4.79 Å². The molecule has 0 aliphatic rings. The minimum absolute atomic E-state index is 0.0353. The van der Waals surface area contributed by atoms with E-state index in [9.17, 15) is 4.79 Å². The van der Waals surface area contributed by atoms with E-state index in [0.29, 0.717) is 18.8 Å². The summed E-state index contributed by atoms with van der Waals surface area (Å²) in [5, 5.41) is 15.0. The van der Waals surface area contributed by atoms with E-state index in [4.69, 9.17) is 5.26 Å². The van der Waals surface area contributed by atoms with Gasteiger partial charge in [-0.1, -0.05) is 37.3 Å². The molecule has 2 aromatic rings. The average molecular weight is 322 g/mol. The molecule has 1 heterocycles. The standard InChI is InChI=1S/C19H22N4O/c1-14(11-21-18-9-8-17(10-20)22-13-18)12-23-19(24)15(2)16-6-4-3-5-7-16/h3-9,13-15,21H,11-12H2,1-2H3,(H,23,24)/t14?,15-/m0/s1. The Balaban J connectivity index is 1.75. The summed E-state index contributed by atoms with van der Waals surface area (Å²) in [6.07, 6.45) is 1.64. The second-order valence-corrected chi connectivity index (χ2v) is 5.91. The molecule has 1 aromatic carbocycles. The van der Waals surface area contributed by atoms with Crippen LogP contribution < -0.4 is 10.6 Å². The number of anilines is 1. The van der Waals surface area contributed by atoms with Crippen molar-refractivity contribution in [2.75, 3.05) is 18.4 Å². The minimum atomic E-state index is -0.158. The fourth-order valence-electron chi connectivity index (χ4n) is 2.25. The van der Waals surface area contributed by atoms with Crippen LogP contribution in [0.5, 0.6) is 0 Å². The van der Waals surface area contributed by atoms with Gasteiger partial charge in [-0.25, -0.2) is 4.98 Å². The number of carbonyl (C=O) groups is 1. The number of aromatic nitrogens is 1. The highest BCUT2D eigenvalue weighted by molar-refractivity contribution is 5.83. The first-order valence-electron chi connectivity index (χ1n) is 8.03. The minimum Gasteiger partial charge on any atom is -0.383 e. The zero-order valence-electron chi connectivity index (χ0n) is 14.0. The van der Waals surface area contributed by atoms with Crippen LogP contribution in [0.4, 0.5) is 5.69 Å². The highest BCUT2D eigenvalue weighted by Gasteiger charge is 2.15. The Morgan fingerprint density at radius 2 is 1.92 bits per heavy atom. The zero-order chi connectivity index (χ0) is 17.4. The molecule has 124 valence electrons. The number of amides is 1. The van der Waals surface area contributed by atoms with Crippen LogP contribution >= 0.6 is 0 Å². The average Bonchev–Trinajstić information content (AvgIpc) is 2.64. The molecular weight excluding hydrogens is 300 g/mol. The monoisotopic (exact) mass is 322 g/mol. The number of hydrogen-bond acceptors (Lipinski definition) is 4. The molecule has 0 aliphatic heterocycles. The van der Waals surface area contributed by atoms with E-state index in [2.05, 4.69) is 22.5 Å². The number of nitrogens with zero attached hydrogens (tertiary/aromatic N) is 2. The van der Waals surface area contributed by atoms with Crippen molar-refractivity contribution in [2.45, 2.75) is 19.8 Å². The van der Waals surface area contributed by atoms with E-state index >= 15 is 0 Å². The van der Waals surface area contributed by atoms with Gasteiger partial charge in [0, 0.05) is 13.1 Å². The van der Waals surface area contributed by atoms with Crippen LogP contribution in [0.25, 0.3) is 0 Å². The second-order valence-electron chi connectivity index (χ2n) is 5.91. The molecule has 5 heteroatoms. The molecule has 0 saturated carbocycles. The summed E-state index contributed by atoms with van der Waals surface area (Å²) in [4.78, 5) is 16.2. The molecule has 0 radical (unpaired) electrons. The Hall–Kier alpha value is -2.87. The van der Waals surface area contributed by atoms with E-state index in [-0.39, 0.29) is 17.7 Å². The van der Waals surface area contributed by atoms with Gasteiger partial charge in [0.2, 0.25) is 5.91 Å². The smallest absolute Gasteiger partial charge is 0.227 e. The quantitative estimate of drug-likeness (QED) is 0.821. The molecule has 1 aromatic heterocycles. The number of carbonyl (C=O) groups excluding carboxylic acids is 1. The van der Waals surface area contributed by atoms with Gasteiger partial charge in [0.1, 0.15) is 11.8 Å². The fourth-order valence-corrected chi connectivity index (χ4v) is 2.25. The third-order valence-corrected chi connectivity index (χ3v) is 3.85. The van der Waals surface area contributed by atoms with E-state index in [1.165, 1.54) is 0 Å². The Morgan fingerprint density at radius 1 is 1.17 bits per heavy atom. The molecule has 0 fully saturated rings. The Morgan fingerprint density at radius 3 is 2.54 bits per heavy atom. The molecule has 0 aliphatic carbocycles. The normalized spacial score (nSPS) is 12.7. The zero-order valence-corrected chi connectivity index (χ0v) is 14.0. The van der Waals surface area contributed by atoms with Gasteiger partial charge in [-0.2, -0.15) is 5.26 Å². The highest BCUT2D eigenvalue weighted by atomic mass is 16.1. The van der Waals surface area contributed by atoms with Crippen molar-refractivity contribution in [1.29, 1.82) is 5.26 Å². The van der Waals surface area contributed by atoms with E-state index < -0.39 is 0 Å². The number of hydrogen-bond donors (Lipinski definition) is 2. The Bertz CT molecular complexity index is 692. The molecule has 1 amide bonds. The number of pyridine rings is 1. The van der Waals surface area contributed by atoms with Crippen LogP contribution in [0.3, 0.4) is 0 Å². The van der Waals surface area contributed by atoms with E-state index in [0.717, 1.165) is 11.3 Å². The van der Waals surface area contributed by atoms with Crippen molar-refractivity contribution in [3.8, 4) is 6.07 Å². The van der Waals surface area contributed by atoms with Crippen molar-refractivity contribution >= 4 is 11.6 Å². The van der Waals surface area contributed by atoms with Crippen LogP contribution in [0, 0.1) is 17.2 Å². The first-order chi connectivity index (χ1) is 11.6. The highest BCUT2D eigenvalue weighted by Crippen LogP contribution is 2.14. The van der Waals surface area contributed by atoms with Crippen LogP contribution in [0.2, 0.25) is 0 Å². The maximum atomic E-state index is 12.2. The lowest BCUT2D eigenvalue weighted by Crippen LogP contribution is -2.33. The number of benzene rings is 1. The SMILES string of the molecule is CC(CNC(=O)[C@@H](C)c1ccccc1)CNc1ccc(C#N)nc1. The number of nitriles is 1. The number of rotatable bonds is 7. The summed E-state index contributed by atoms with van der Waals surface area (Å²) in [5.74, 6) is 0.148. The van der Waals surface area contributed by atoms with Crippen molar-refractivity contribution < 1.29 is 4.79 Å². The Labute approximate surface area is 142 Å². The lowest BCUT2D eigenvalue weighted by atomic mass is 10.0. The van der Waals surface area contributed by atoms with Crippen molar-refractivity contribution in [1.82, 2.24) is 10.3 Å². The lowest BCUT2D eigenvalue weighted by Gasteiger charge is -2.17. The van der Waals surface area contributed by atoms with Gasteiger partial charge in [0.25, 0.3) is 0 Å². The molecule has 2 atom stereocenters. The summed E-state index contributed by atoms with van der Waals surface area (Å²) < 4.78 is 0. The van der Waals surface area contributed by atoms with Gasteiger partial charge < -0.3 is 10.6 Å². The molecule has 2 rings (SSSR count). The molecule has 5 nitrogen and oxygen atoms in total. The predicted octanol–water partition coefficient (Wildman–Crippen LogP) is 2.92. The second kappa shape index (κ2) is 8.68. The van der Waals surface area contributed by atoms with Gasteiger partial charge >= 0.3 is 0 Å². The van der Waals surface area contributed by atoms with Crippen molar-refractivity contribution in [3.63, 3.8) is 0 Å². The first-order valence-corrected chi connectivity index (χ1v) is 8.03. The van der Waals surface area contributed by atoms with E-state index in [1.807, 2.05) is 49.4 Å². The van der Waals surface area contributed by atoms with E-state index in [1.54, 1.807) is 12.3 Å². The van der Waals surface area contributed by atoms with Crippen LogP contribution in [0.1, 0.15) is 31.0 Å². The molecule has 0 bridgehead atoms. The van der Waals surface area contributed by atoms with Gasteiger partial charge in [-0.05, 0) is 30.5 Å². The van der Waals surface area contributed by atoms with Crippen LogP contribution in [-0.2, 0) is 4.79 Å². The van der Waals surface area contributed by atoms with Gasteiger partial charge in [0.05, 0.1) is 17.8 Å². The molecule has 2 N–H and O–H groups in total. The van der Waals surface area contributed by atoms with Gasteiger partial charge in [0.15, 0.2) is 0 Å². The maximum Gasteiger partial charge on any atom is 0.227 e. The summed E-state index contributed by atoms with van der Waals surface area (Å²) >= 11 is 0. The summed E-state index contributed by atoms with van der Waals surface area (Å²) in [5.41, 5.74) is 2.28. The van der Waals surface area contributed by atoms with Gasteiger partial charge in [-0.15, -0.1) is 0 Å². The summed E-state index contributed by atoms with van der Waals surface area (Å²) in [7, 11) is 0. The molecule has 1 unspecified atom stereocenters. The third-order valence-electron chi connectivity index (χ3n) is 3.85. The number of nitrogens with one attached hydrogen (secondary N) is 2. The van der Waals surface area contributed by atoms with Crippen LogP contribution in [0.15, 0.2) is 48.7 Å².